The number of rotatable bonds is 6. The van der Waals surface area contributed by atoms with Crippen LogP contribution in [0.15, 0.2) is 60.2 Å². The summed E-state index contributed by atoms with van der Waals surface area (Å²) in [5.74, 6) is 0.969. The van der Waals surface area contributed by atoms with Gasteiger partial charge in [0.1, 0.15) is 0 Å². The zero-order valence-electron chi connectivity index (χ0n) is 14.3. The Morgan fingerprint density at radius 1 is 1.08 bits per heavy atom. The normalized spacial score (nSPS) is 12.1. The van der Waals surface area contributed by atoms with Gasteiger partial charge in [-0.1, -0.05) is 50.2 Å². The van der Waals surface area contributed by atoms with Crippen molar-refractivity contribution in [1.82, 2.24) is 15.3 Å². The van der Waals surface area contributed by atoms with Gasteiger partial charge in [-0.3, -0.25) is 4.79 Å². The minimum absolute atomic E-state index is 0.0151. The maximum Gasteiger partial charge on any atom is 0.254 e. The fourth-order valence-corrected chi connectivity index (χ4v) is 3.42. The Morgan fingerprint density at radius 2 is 1.80 bits per heavy atom. The zero-order chi connectivity index (χ0) is 17.6. The number of carbonyl (C=O) groups is 1. The van der Waals surface area contributed by atoms with E-state index in [0.717, 1.165) is 12.0 Å². The van der Waals surface area contributed by atoms with Crippen LogP contribution in [0.25, 0.3) is 11.4 Å². The van der Waals surface area contributed by atoms with Gasteiger partial charge in [-0.15, -0.1) is 11.3 Å². The van der Waals surface area contributed by atoms with Crippen molar-refractivity contribution in [1.29, 1.82) is 0 Å². The molecule has 1 aromatic carbocycles. The molecule has 25 heavy (non-hydrogen) atoms. The molecule has 0 aliphatic heterocycles. The molecule has 1 N–H and O–H groups in total. The number of amides is 1. The number of aromatic nitrogens is 2. The molecule has 0 radical (unpaired) electrons. The summed E-state index contributed by atoms with van der Waals surface area (Å²) in [6.07, 6.45) is 4.08. The molecule has 0 fully saturated rings. The predicted molar refractivity (Wildman–Crippen MR) is 101 cm³/mol. The molecule has 1 unspecified atom stereocenters. The summed E-state index contributed by atoms with van der Waals surface area (Å²) in [6.45, 7) is 4.31. The Hall–Kier alpha value is -2.53. The van der Waals surface area contributed by atoms with E-state index in [9.17, 15) is 4.79 Å². The first-order valence-corrected chi connectivity index (χ1v) is 9.23. The van der Waals surface area contributed by atoms with Crippen LogP contribution in [0.2, 0.25) is 0 Å². The second-order valence-corrected chi connectivity index (χ2v) is 7.31. The van der Waals surface area contributed by atoms with Crippen LogP contribution in [-0.4, -0.2) is 15.9 Å². The highest BCUT2D eigenvalue weighted by molar-refractivity contribution is 7.10. The van der Waals surface area contributed by atoms with E-state index in [-0.39, 0.29) is 11.9 Å². The summed E-state index contributed by atoms with van der Waals surface area (Å²) < 4.78 is 0. The average Bonchev–Trinajstić information content (AvgIpc) is 3.16. The topological polar surface area (TPSA) is 54.9 Å². The minimum atomic E-state index is -0.140. The van der Waals surface area contributed by atoms with Gasteiger partial charge >= 0.3 is 0 Å². The van der Waals surface area contributed by atoms with Gasteiger partial charge in [0.25, 0.3) is 5.91 Å². The van der Waals surface area contributed by atoms with E-state index in [2.05, 4.69) is 35.2 Å². The fraction of sp³-hybridized carbons (Fsp3) is 0.250. The van der Waals surface area contributed by atoms with Crippen LogP contribution in [0, 0.1) is 5.92 Å². The van der Waals surface area contributed by atoms with Gasteiger partial charge in [0.15, 0.2) is 5.82 Å². The number of carbonyl (C=O) groups excluding carboxylic acids is 1. The molecule has 1 amide bonds. The second-order valence-electron chi connectivity index (χ2n) is 6.33. The maximum absolute atomic E-state index is 12.6. The van der Waals surface area contributed by atoms with Crippen molar-refractivity contribution in [3.63, 3.8) is 0 Å². The van der Waals surface area contributed by atoms with Crippen LogP contribution in [0.5, 0.6) is 0 Å². The number of nitrogens with zero attached hydrogens (tertiary/aromatic N) is 2. The summed E-state index contributed by atoms with van der Waals surface area (Å²) >= 11 is 1.66. The first kappa shape index (κ1) is 17.3. The molecule has 0 aliphatic rings. The highest BCUT2D eigenvalue weighted by Gasteiger charge is 2.18. The minimum Gasteiger partial charge on any atom is -0.344 e. The van der Waals surface area contributed by atoms with E-state index in [1.807, 2.05) is 41.8 Å². The third-order valence-electron chi connectivity index (χ3n) is 3.85. The maximum atomic E-state index is 12.6. The molecule has 128 valence electrons. The lowest BCUT2D eigenvalue weighted by Gasteiger charge is -2.19. The smallest absolute Gasteiger partial charge is 0.254 e. The Bertz CT molecular complexity index is 799. The molecule has 3 aromatic rings. The largest absolute Gasteiger partial charge is 0.344 e. The lowest BCUT2D eigenvalue weighted by Crippen LogP contribution is -2.29. The molecule has 2 heterocycles. The van der Waals surface area contributed by atoms with E-state index in [1.165, 1.54) is 4.88 Å². The third-order valence-corrected chi connectivity index (χ3v) is 4.83. The van der Waals surface area contributed by atoms with Crippen molar-refractivity contribution in [2.24, 2.45) is 5.92 Å². The standard InChI is InChI=1S/C20H21N3OS/c1-14(2)11-17(18-9-6-10-25-18)23-20(24)16-12-21-19(22-13-16)15-7-4-3-5-8-15/h3-10,12-14,17H,11H2,1-2H3,(H,23,24). The first-order chi connectivity index (χ1) is 12.1. The monoisotopic (exact) mass is 351 g/mol. The average molecular weight is 351 g/mol. The molecular formula is C20H21N3OS. The summed E-state index contributed by atoms with van der Waals surface area (Å²) in [5.41, 5.74) is 1.41. The quantitative estimate of drug-likeness (QED) is 0.699. The van der Waals surface area contributed by atoms with Crippen molar-refractivity contribution < 1.29 is 4.79 Å². The molecule has 0 saturated heterocycles. The molecule has 1 atom stereocenters. The van der Waals surface area contributed by atoms with Crippen LogP contribution in [-0.2, 0) is 0 Å². The third kappa shape index (κ3) is 4.51. The van der Waals surface area contributed by atoms with E-state index < -0.39 is 0 Å². The van der Waals surface area contributed by atoms with Crippen molar-refractivity contribution in [3.05, 3.63) is 70.7 Å². The zero-order valence-corrected chi connectivity index (χ0v) is 15.2. The molecular weight excluding hydrogens is 330 g/mol. The molecule has 5 heteroatoms. The first-order valence-electron chi connectivity index (χ1n) is 8.35. The van der Waals surface area contributed by atoms with Gasteiger partial charge in [-0.2, -0.15) is 0 Å². The highest BCUT2D eigenvalue weighted by atomic mass is 32.1. The fourth-order valence-electron chi connectivity index (χ4n) is 2.63. The molecule has 3 rings (SSSR count). The van der Waals surface area contributed by atoms with Crippen LogP contribution in [0.3, 0.4) is 0 Å². The van der Waals surface area contributed by atoms with Gasteiger partial charge in [0.2, 0.25) is 0 Å². The van der Waals surface area contributed by atoms with Crippen LogP contribution in [0.4, 0.5) is 0 Å². The number of hydrogen-bond donors (Lipinski definition) is 1. The van der Waals surface area contributed by atoms with Crippen LogP contribution in [0.1, 0.15) is 41.5 Å². The SMILES string of the molecule is CC(C)CC(NC(=O)c1cnc(-c2ccccc2)nc1)c1cccs1. The summed E-state index contributed by atoms with van der Waals surface area (Å²) in [7, 11) is 0. The molecule has 0 saturated carbocycles. The van der Waals surface area contributed by atoms with Crippen molar-refractivity contribution in [2.75, 3.05) is 0 Å². The van der Waals surface area contributed by atoms with Gasteiger partial charge < -0.3 is 5.32 Å². The lowest BCUT2D eigenvalue weighted by molar-refractivity contribution is 0.0932. The summed E-state index contributed by atoms with van der Waals surface area (Å²) in [6, 6.07) is 13.8. The van der Waals surface area contributed by atoms with E-state index in [0.29, 0.717) is 17.3 Å². The summed E-state index contributed by atoms with van der Waals surface area (Å²) in [4.78, 5) is 22.4. The molecule has 4 nitrogen and oxygen atoms in total. The number of benzene rings is 1. The number of hydrogen-bond acceptors (Lipinski definition) is 4. The number of nitrogens with one attached hydrogen (secondary N) is 1. The Balaban J connectivity index is 1.73. The number of thiophene rings is 1. The van der Waals surface area contributed by atoms with Crippen molar-refractivity contribution in [2.45, 2.75) is 26.3 Å². The van der Waals surface area contributed by atoms with Crippen molar-refractivity contribution >= 4 is 17.2 Å². The highest BCUT2D eigenvalue weighted by Crippen LogP contribution is 2.25. The van der Waals surface area contributed by atoms with Crippen LogP contribution < -0.4 is 5.32 Å². The summed E-state index contributed by atoms with van der Waals surface area (Å²) in [5, 5.41) is 5.15. The molecule has 0 aliphatic carbocycles. The lowest BCUT2D eigenvalue weighted by atomic mass is 10.0. The molecule has 2 aromatic heterocycles. The predicted octanol–water partition coefficient (Wildman–Crippen LogP) is 4.72. The van der Waals surface area contributed by atoms with Gasteiger partial charge in [-0.25, -0.2) is 9.97 Å². The van der Waals surface area contributed by atoms with E-state index in [4.69, 9.17) is 0 Å². The van der Waals surface area contributed by atoms with Crippen molar-refractivity contribution in [3.8, 4) is 11.4 Å². The van der Waals surface area contributed by atoms with E-state index in [1.54, 1.807) is 23.7 Å². The van der Waals surface area contributed by atoms with Gasteiger partial charge in [-0.05, 0) is 23.8 Å². The van der Waals surface area contributed by atoms with E-state index >= 15 is 0 Å². The molecule has 0 bridgehead atoms. The van der Waals surface area contributed by atoms with Gasteiger partial charge in [0, 0.05) is 22.8 Å². The Labute approximate surface area is 152 Å². The van der Waals surface area contributed by atoms with Gasteiger partial charge in [0.05, 0.1) is 11.6 Å². The Morgan fingerprint density at radius 3 is 2.40 bits per heavy atom. The Kier molecular flexibility index (Phi) is 5.56. The molecule has 0 spiro atoms. The second kappa shape index (κ2) is 8.03. The van der Waals surface area contributed by atoms with Crippen LogP contribution >= 0.6 is 11.3 Å².